The molecule has 8 heteroatoms. The first-order chi connectivity index (χ1) is 10.1. The number of aliphatic hydroxyl groups is 1. The van der Waals surface area contributed by atoms with Crippen LogP contribution in [0.2, 0.25) is 0 Å². The Balaban J connectivity index is 1.72. The molecule has 0 saturated carbocycles. The van der Waals surface area contributed by atoms with Crippen LogP contribution in [0, 0.1) is 0 Å². The normalized spacial score (nSPS) is 24.3. The van der Waals surface area contributed by atoms with Crippen molar-refractivity contribution in [2.75, 3.05) is 32.8 Å². The van der Waals surface area contributed by atoms with Crippen molar-refractivity contribution in [3.63, 3.8) is 0 Å². The van der Waals surface area contributed by atoms with Crippen molar-refractivity contribution in [3.05, 3.63) is 12.4 Å². The lowest BCUT2D eigenvalue weighted by molar-refractivity contribution is 0.158. The summed E-state index contributed by atoms with van der Waals surface area (Å²) in [6.45, 7) is 3.67. The van der Waals surface area contributed by atoms with Crippen LogP contribution >= 0.6 is 0 Å². The molecule has 0 amide bonds. The molecule has 1 aromatic heterocycles. The van der Waals surface area contributed by atoms with Crippen molar-refractivity contribution in [1.29, 1.82) is 0 Å². The lowest BCUT2D eigenvalue weighted by Gasteiger charge is -2.36. The maximum atomic E-state index is 12.7. The third-order valence-corrected chi connectivity index (χ3v) is 6.16. The molecule has 1 aromatic rings. The molecule has 1 unspecified atom stereocenters. The van der Waals surface area contributed by atoms with Gasteiger partial charge in [0, 0.05) is 45.0 Å². The fourth-order valence-electron chi connectivity index (χ4n) is 3.16. The summed E-state index contributed by atoms with van der Waals surface area (Å²) >= 11 is 0. The molecule has 7 nitrogen and oxygen atoms in total. The van der Waals surface area contributed by atoms with E-state index < -0.39 is 10.0 Å². The number of rotatable bonds is 5. The van der Waals surface area contributed by atoms with E-state index in [-0.39, 0.29) is 11.5 Å². The van der Waals surface area contributed by atoms with Gasteiger partial charge < -0.3 is 5.11 Å². The minimum Gasteiger partial charge on any atom is -0.396 e. The summed E-state index contributed by atoms with van der Waals surface area (Å²) in [4.78, 5) is 2.64. The van der Waals surface area contributed by atoms with Crippen LogP contribution in [0.4, 0.5) is 0 Å². The Kier molecular flexibility index (Phi) is 4.30. The summed E-state index contributed by atoms with van der Waals surface area (Å²) in [6.07, 6.45) is 5.79. The smallest absolute Gasteiger partial charge is 0.246 e. The van der Waals surface area contributed by atoms with E-state index >= 15 is 0 Å². The van der Waals surface area contributed by atoms with Crippen LogP contribution in [-0.4, -0.2) is 71.3 Å². The Morgan fingerprint density at radius 1 is 1.33 bits per heavy atom. The van der Waals surface area contributed by atoms with Crippen LogP contribution in [0.15, 0.2) is 17.3 Å². The molecular formula is C13H22N4O3S. The zero-order valence-electron chi connectivity index (χ0n) is 12.1. The molecule has 0 aliphatic carbocycles. The first-order valence-electron chi connectivity index (χ1n) is 7.49. The van der Waals surface area contributed by atoms with Crippen LogP contribution < -0.4 is 0 Å². The first-order valence-corrected chi connectivity index (χ1v) is 8.93. The van der Waals surface area contributed by atoms with Crippen LogP contribution in [0.1, 0.15) is 19.3 Å². The van der Waals surface area contributed by atoms with E-state index in [9.17, 15) is 8.42 Å². The minimum atomic E-state index is -3.44. The molecule has 21 heavy (non-hydrogen) atoms. The maximum absolute atomic E-state index is 12.7. The number of aryl methyl sites for hydroxylation is 1. The quantitative estimate of drug-likeness (QED) is 0.810. The SMILES string of the molecule is O=S(=O)(c1cnn(CCCO)c1)N1CCN2CCCC2C1. The standard InChI is InChI=1S/C13H22N4O3S/c18-8-2-5-16-11-13(9-14-16)21(19,20)17-7-6-15-4-1-3-12(15)10-17/h9,11-12,18H,1-8,10H2. The van der Waals surface area contributed by atoms with Gasteiger partial charge in [0.05, 0.1) is 6.20 Å². The highest BCUT2D eigenvalue weighted by atomic mass is 32.2. The summed E-state index contributed by atoms with van der Waals surface area (Å²) in [5.41, 5.74) is 0. The molecule has 2 aliphatic heterocycles. The highest BCUT2D eigenvalue weighted by Gasteiger charge is 2.36. The van der Waals surface area contributed by atoms with E-state index in [0.29, 0.717) is 32.1 Å². The van der Waals surface area contributed by atoms with E-state index in [1.54, 1.807) is 15.2 Å². The Labute approximate surface area is 125 Å². The molecule has 3 rings (SSSR count). The van der Waals surface area contributed by atoms with Gasteiger partial charge in [0.25, 0.3) is 0 Å². The van der Waals surface area contributed by atoms with Crippen molar-refractivity contribution < 1.29 is 13.5 Å². The predicted octanol–water partition coefficient (Wildman–Crippen LogP) is -0.266. The molecule has 2 fully saturated rings. The number of aliphatic hydroxyl groups excluding tert-OH is 1. The Hall–Kier alpha value is -0.960. The number of piperazine rings is 1. The molecule has 1 atom stereocenters. The molecule has 0 spiro atoms. The summed E-state index contributed by atoms with van der Waals surface area (Å²) < 4.78 is 28.5. The van der Waals surface area contributed by atoms with Gasteiger partial charge >= 0.3 is 0 Å². The third kappa shape index (κ3) is 2.98. The number of fused-ring (bicyclic) bond motifs is 1. The van der Waals surface area contributed by atoms with Crippen LogP contribution in [0.3, 0.4) is 0 Å². The van der Waals surface area contributed by atoms with Gasteiger partial charge in [0.1, 0.15) is 4.90 Å². The van der Waals surface area contributed by atoms with Gasteiger partial charge in [0.15, 0.2) is 0 Å². The van der Waals surface area contributed by atoms with Crippen LogP contribution in [0.5, 0.6) is 0 Å². The summed E-state index contributed by atoms with van der Waals surface area (Å²) in [6, 6.07) is 0.373. The monoisotopic (exact) mass is 314 g/mol. The summed E-state index contributed by atoms with van der Waals surface area (Å²) in [5, 5.41) is 12.9. The summed E-state index contributed by atoms with van der Waals surface area (Å²) in [7, 11) is -3.44. The predicted molar refractivity (Wildman–Crippen MR) is 77.3 cm³/mol. The maximum Gasteiger partial charge on any atom is 0.246 e. The Morgan fingerprint density at radius 3 is 3.00 bits per heavy atom. The molecule has 0 aromatic carbocycles. The molecule has 1 N–H and O–H groups in total. The van der Waals surface area contributed by atoms with Gasteiger partial charge in [-0.25, -0.2) is 8.42 Å². The van der Waals surface area contributed by atoms with E-state index in [0.717, 1.165) is 25.9 Å². The van der Waals surface area contributed by atoms with Gasteiger partial charge in [-0.2, -0.15) is 9.40 Å². The van der Waals surface area contributed by atoms with Crippen molar-refractivity contribution >= 4 is 10.0 Å². The fraction of sp³-hybridized carbons (Fsp3) is 0.769. The average molecular weight is 314 g/mol. The second-order valence-corrected chi connectivity index (χ2v) is 7.65. The fourth-order valence-corrected chi connectivity index (χ4v) is 4.59. The van der Waals surface area contributed by atoms with Crippen LogP contribution in [-0.2, 0) is 16.6 Å². The second kappa shape index (κ2) is 6.04. The molecule has 0 bridgehead atoms. The number of hydrogen-bond donors (Lipinski definition) is 1. The minimum absolute atomic E-state index is 0.0750. The summed E-state index contributed by atoms with van der Waals surface area (Å²) in [5.74, 6) is 0. The lowest BCUT2D eigenvalue weighted by atomic mass is 10.2. The first kappa shape index (κ1) is 15.0. The van der Waals surface area contributed by atoms with Crippen LogP contribution in [0.25, 0.3) is 0 Å². The number of hydrogen-bond acceptors (Lipinski definition) is 5. The molecule has 118 valence electrons. The molecule has 3 heterocycles. The molecule has 0 radical (unpaired) electrons. The van der Waals surface area contributed by atoms with Crippen molar-refractivity contribution in [2.24, 2.45) is 0 Å². The number of sulfonamides is 1. The van der Waals surface area contributed by atoms with Crippen molar-refractivity contribution in [1.82, 2.24) is 19.0 Å². The Bertz CT molecular complexity index is 586. The van der Waals surface area contributed by atoms with Crippen molar-refractivity contribution in [3.8, 4) is 0 Å². The van der Waals surface area contributed by atoms with E-state index in [2.05, 4.69) is 10.00 Å². The average Bonchev–Trinajstić information content (AvgIpc) is 3.13. The third-order valence-electron chi connectivity index (χ3n) is 4.34. The number of nitrogens with zero attached hydrogens (tertiary/aromatic N) is 4. The van der Waals surface area contributed by atoms with Crippen molar-refractivity contribution in [2.45, 2.75) is 36.7 Å². The molecular weight excluding hydrogens is 292 g/mol. The van der Waals surface area contributed by atoms with Gasteiger partial charge in [0.2, 0.25) is 10.0 Å². The van der Waals surface area contributed by atoms with E-state index in [1.807, 2.05) is 0 Å². The number of aromatic nitrogens is 2. The van der Waals surface area contributed by atoms with E-state index in [1.165, 1.54) is 6.20 Å². The largest absolute Gasteiger partial charge is 0.396 e. The highest BCUT2D eigenvalue weighted by molar-refractivity contribution is 7.89. The molecule has 2 aliphatic rings. The van der Waals surface area contributed by atoms with Gasteiger partial charge in [-0.1, -0.05) is 0 Å². The lowest BCUT2D eigenvalue weighted by Crippen LogP contribution is -2.51. The Morgan fingerprint density at radius 2 is 2.19 bits per heavy atom. The second-order valence-electron chi connectivity index (χ2n) is 5.71. The highest BCUT2D eigenvalue weighted by Crippen LogP contribution is 2.25. The van der Waals surface area contributed by atoms with Gasteiger partial charge in [-0.3, -0.25) is 9.58 Å². The zero-order valence-corrected chi connectivity index (χ0v) is 12.9. The molecule has 2 saturated heterocycles. The van der Waals surface area contributed by atoms with E-state index in [4.69, 9.17) is 5.11 Å². The topological polar surface area (TPSA) is 78.7 Å². The zero-order chi connectivity index (χ0) is 14.9. The van der Waals surface area contributed by atoms with Gasteiger partial charge in [-0.15, -0.1) is 0 Å². The van der Waals surface area contributed by atoms with Gasteiger partial charge in [-0.05, 0) is 25.8 Å².